The van der Waals surface area contributed by atoms with E-state index in [-0.39, 0.29) is 5.82 Å². The van der Waals surface area contributed by atoms with Crippen LogP contribution in [0.3, 0.4) is 0 Å². The van der Waals surface area contributed by atoms with Gasteiger partial charge in [-0.05, 0) is 23.8 Å². The highest BCUT2D eigenvalue weighted by atomic mass is 19.1. The number of halogens is 1. The number of rotatable bonds is 4. The van der Waals surface area contributed by atoms with E-state index in [4.69, 9.17) is 9.40 Å². The topological polar surface area (TPSA) is 41.8 Å². The van der Waals surface area contributed by atoms with Crippen LogP contribution in [-0.2, 0) is 6.42 Å². The van der Waals surface area contributed by atoms with Crippen LogP contribution >= 0.6 is 0 Å². The first-order valence-electron chi connectivity index (χ1n) is 9.14. The van der Waals surface area contributed by atoms with Crippen LogP contribution < -0.4 is 0 Å². The van der Waals surface area contributed by atoms with Crippen LogP contribution in [0.25, 0.3) is 33.5 Å². The lowest BCUT2D eigenvalue weighted by atomic mass is 10.1. The first-order valence-corrected chi connectivity index (χ1v) is 9.14. The van der Waals surface area contributed by atoms with Crippen molar-refractivity contribution in [2.75, 3.05) is 0 Å². The molecule has 1 N–H and O–H groups in total. The summed E-state index contributed by atoms with van der Waals surface area (Å²) in [6.45, 7) is 0. The number of benzene rings is 3. The van der Waals surface area contributed by atoms with Gasteiger partial charge in [-0.15, -0.1) is 0 Å². The van der Waals surface area contributed by atoms with Crippen molar-refractivity contribution in [3.8, 4) is 22.6 Å². The Labute approximate surface area is 161 Å². The van der Waals surface area contributed by atoms with Crippen molar-refractivity contribution in [1.82, 2.24) is 9.97 Å². The average Bonchev–Trinajstić information content (AvgIpc) is 3.34. The minimum absolute atomic E-state index is 0.254. The van der Waals surface area contributed by atoms with Gasteiger partial charge in [0.05, 0.1) is 6.42 Å². The van der Waals surface area contributed by atoms with Crippen molar-refractivity contribution >= 4 is 10.9 Å². The minimum Gasteiger partial charge on any atom is -0.440 e. The molecule has 0 aliphatic carbocycles. The molecule has 0 fully saturated rings. The van der Waals surface area contributed by atoms with Crippen LogP contribution in [0.5, 0.6) is 0 Å². The van der Waals surface area contributed by atoms with E-state index in [9.17, 15) is 4.39 Å². The summed E-state index contributed by atoms with van der Waals surface area (Å²) in [7, 11) is 0. The maximum absolute atomic E-state index is 13.7. The Balaban J connectivity index is 1.60. The monoisotopic (exact) mass is 368 g/mol. The summed E-state index contributed by atoms with van der Waals surface area (Å²) in [6.07, 6.45) is 2.37. The molecule has 2 heterocycles. The van der Waals surface area contributed by atoms with Gasteiger partial charge in [0.1, 0.15) is 11.5 Å². The SMILES string of the molecule is Fc1ccc2[nH]cc(Cc3nc(-c4ccccc4)c(-c4ccccc4)o3)c2c1. The molecule has 2 aromatic heterocycles. The van der Waals surface area contributed by atoms with Crippen molar-refractivity contribution in [3.63, 3.8) is 0 Å². The van der Waals surface area contributed by atoms with E-state index >= 15 is 0 Å². The highest BCUT2D eigenvalue weighted by molar-refractivity contribution is 5.83. The van der Waals surface area contributed by atoms with Crippen molar-refractivity contribution < 1.29 is 8.81 Å². The summed E-state index contributed by atoms with van der Waals surface area (Å²) in [4.78, 5) is 7.97. The molecule has 5 rings (SSSR count). The fourth-order valence-corrected chi connectivity index (χ4v) is 3.48. The summed E-state index contributed by atoms with van der Waals surface area (Å²) in [5.74, 6) is 1.09. The van der Waals surface area contributed by atoms with E-state index in [1.807, 2.05) is 66.9 Å². The predicted molar refractivity (Wildman–Crippen MR) is 108 cm³/mol. The summed E-state index contributed by atoms with van der Waals surface area (Å²) in [5.41, 5.74) is 4.64. The number of hydrogen-bond acceptors (Lipinski definition) is 2. The first-order chi connectivity index (χ1) is 13.8. The van der Waals surface area contributed by atoms with Gasteiger partial charge in [-0.3, -0.25) is 0 Å². The molecule has 3 aromatic carbocycles. The Hall–Kier alpha value is -3.66. The molecular formula is C24H17FN2O. The largest absolute Gasteiger partial charge is 0.440 e. The predicted octanol–water partition coefficient (Wildman–Crippen LogP) is 6.22. The standard InChI is InChI=1S/C24H17FN2O/c25-19-11-12-21-20(14-19)18(15-26-21)13-22-27-23(16-7-3-1-4-8-16)24(28-22)17-9-5-2-6-10-17/h1-12,14-15,26H,13H2. The lowest BCUT2D eigenvalue weighted by Gasteiger charge is -2.00. The van der Waals surface area contributed by atoms with Gasteiger partial charge in [-0.1, -0.05) is 60.7 Å². The van der Waals surface area contributed by atoms with Gasteiger partial charge in [-0.2, -0.15) is 0 Å². The molecule has 0 spiro atoms. The molecule has 0 atom stereocenters. The second kappa shape index (κ2) is 6.82. The zero-order valence-electron chi connectivity index (χ0n) is 15.0. The zero-order chi connectivity index (χ0) is 18.9. The van der Waals surface area contributed by atoms with E-state index in [1.54, 1.807) is 12.1 Å². The van der Waals surface area contributed by atoms with Crippen LogP contribution in [0, 0.1) is 5.82 Å². The second-order valence-electron chi connectivity index (χ2n) is 6.70. The first kappa shape index (κ1) is 16.5. The molecule has 0 saturated carbocycles. The lowest BCUT2D eigenvalue weighted by molar-refractivity contribution is 0.520. The van der Waals surface area contributed by atoms with Crippen molar-refractivity contribution in [2.45, 2.75) is 6.42 Å². The molecule has 5 aromatic rings. The number of nitrogens with one attached hydrogen (secondary N) is 1. The molecule has 4 heteroatoms. The number of nitrogens with zero attached hydrogens (tertiary/aromatic N) is 1. The van der Waals surface area contributed by atoms with Gasteiger partial charge in [0.25, 0.3) is 0 Å². The number of aromatic amines is 1. The van der Waals surface area contributed by atoms with Crippen molar-refractivity contribution in [3.05, 3.63) is 102 Å². The van der Waals surface area contributed by atoms with Crippen LogP contribution in [-0.4, -0.2) is 9.97 Å². The molecule has 28 heavy (non-hydrogen) atoms. The molecule has 0 unspecified atom stereocenters. The molecule has 0 bridgehead atoms. The number of H-pyrrole nitrogens is 1. The third kappa shape index (κ3) is 2.99. The number of hydrogen-bond donors (Lipinski definition) is 1. The number of aromatic nitrogens is 2. The average molecular weight is 368 g/mol. The number of fused-ring (bicyclic) bond motifs is 1. The van der Waals surface area contributed by atoms with Crippen LogP contribution in [0.1, 0.15) is 11.5 Å². The Bertz CT molecular complexity index is 1180. The van der Waals surface area contributed by atoms with E-state index in [0.29, 0.717) is 12.3 Å². The van der Waals surface area contributed by atoms with Crippen LogP contribution in [0.15, 0.2) is 89.5 Å². The van der Waals surface area contributed by atoms with E-state index in [2.05, 4.69) is 4.98 Å². The minimum atomic E-state index is -0.254. The Morgan fingerprint density at radius 3 is 2.32 bits per heavy atom. The maximum atomic E-state index is 13.7. The third-order valence-corrected chi connectivity index (χ3v) is 4.83. The zero-order valence-corrected chi connectivity index (χ0v) is 15.0. The van der Waals surface area contributed by atoms with Gasteiger partial charge in [-0.25, -0.2) is 9.37 Å². The van der Waals surface area contributed by atoms with E-state index in [0.717, 1.165) is 39.0 Å². The second-order valence-corrected chi connectivity index (χ2v) is 6.70. The smallest absolute Gasteiger partial charge is 0.200 e. The van der Waals surface area contributed by atoms with E-state index < -0.39 is 0 Å². The highest BCUT2D eigenvalue weighted by Crippen LogP contribution is 2.33. The lowest BCUT2D eigenvalue weighted by Crippen LogP contribution is -1.87. The van der Waals surface area contributed by atoms with Crippen molar-refractivity contribution in [2.24, 2.45) is 0 Å². The fraction of sp³-hybridized carbons (Fsp3) is 0.0417. The van der Waals surface area contributed by atoms with Gasteiger partial charge in [0.2, 0.25) is 0 Å². The van der Waals surface area contributed by atoms with Gasteiger partial charge >= 0.3 is 0 Å². The quantitative estimate of drug-likeness (QED) is 0.409. The Kier molecular flexibility index (Phi) is 4.02. The summed E-state index contributed by atoms with van der Waals surface area (Å²) in [5, 5.41) is 0.848. The van der Waals surface area contributed by atoms with Crippen LogP contribution in [0.2, 0.25) is 0 Å². The molecule has 3 nitrogen and oxygen atoms in total. The summed E-state index contributed by atoms with van der Waals surface area (Å²) >= 11 is 0. The van der Waals surface area contributed by atoms with Gasteiger partial charge < -0.3 is 9.40 Å². The molecular weight excluding hydrogens is 351 g/mol. The summed E-state index contributed by atoms with van der Waals surface area (Å²) < 4.78 is 19.9. The van der Waals surface area contributed by atoms with Gasteiger partial charge in [0, 0.05) is 28.2 Å². The van der Waals surface area contributed by atoms with Crippen LogP contribution in [0.4, 0.5) is 4.39 Å². The summed E-state index contributed by atoms with van der Waals surface area (Å²) in [6, 6.07) is 24.7. The molecule has 0 amide bonds. The normalized spacial score (nSPS) is 11.2. The van der Waals surface area contributed by atoms with E-state index in [1.165, 1.54) is 6.07 Å². The fourth-order valence-electron chi connectivity index (χ4n) is 3.48. The van der Waals surface area contributed by atoms with Gasteiger partial charge in [0.15, 0.2) is 11.7 Å². The highest BCUT2D eigenvalue weighted by Gasteiger charge is 2.18. The Morgan fingerprint density at radius 2 is 1.57 bits per heavy atom. The Morgan fingerprint density at radius 1 is 0.857 bits per heavy atom. The molecule has 0 aliphatic rings. The molecule has 136 valence electrons. The number of oxazole rings is 1. The molecule has 0 aliphatic heterocycles. The molecule has 0 radical (unpaired) electrons. The molecule has 0 saturated heterocycles. The van der Waals surface area contributed by atoms with Crippen molar-refractivity contribution in [1.29, 1.82) is 0 Å². The maximum Gasteiger partial charge on any atom is 0.200 e. The third-order valence-electron chi connectivity index (χ3n) is 4.83.